The molecule has 38 nitrogen and oxygen atoms in total. The van der Waals surface area contributed by atoms with E-state index in [2.05, 4.69) is 139 Å². The fourth-order valence-electron chi connectivity index (χ4n) is 11.5. The summed E-state index contributed by atoms with van der Waals surface area (Å²) in [4.78, 5) is 97.9. The maximum absolute atomic E-state index is 14.3. The molecule has 45 heteroatoms. The lowest BCUT2D eigenvalue weighted by atomic mass is 10.2. The summed E-state index contributed by atoms with van der Waals surface area (Å²) in [6.07, 6.45) is 19.4. The topological polar surface area (TPSA) is 449 Å². The minimum atomic E-state index is -0.629. The van der Waals surface area contributed by atoms with Crippen LogP contribution in [-0.2, 0) is 14.4 Å². The van der Waals surface area contributed by atoms with Gasteiger partial charge in [-0.2, -0.15) is 24.8 Å². The Kier molecular flexibility index (Phi) is 20.6. The molecule has 7 N–H and O–H groups in total. The van der Waals surface area contributed by atoms with Gasteiger partial charge < -0.3 is 31.2 Å². The van der Waals surface area contributed by atoms with E-state index in [-0.39, 0.29) is 57.6 Å². The Morgan fingerprint density at radius 3 is 1.38 bits per heavy atom. The number of aromatic nitrogens is 27. The average Bonchev–Trinajstić information content (AvgIpc) is 1.23. The summed E-state index contributed by atoms with van der Waals surface area (Å²) < 4.78 is 28.5. The van der Waals surface area contributed by atoms with Crippen molar-refractivity contribution in [2.45, 2.75) is 86.2 Å². The first-order valence-electron chi connectivity index (χ1n) is 35.7. The molecule has 3 aliphatic rings. The van der Waals surface area contributed by atoms with Crippen molar-refractivity contribution >= 4 is 167 Å². The predicted molar refractivity (Wildman–Crippen MR) is 430 cm³/mol. The lowest BCUT2D eigenvalue weighted by Crippen LogP contribution is -2.28. The van der Waals surface area contributed by atoms with Gasteiger partial charge in [0.25, 0.3) is 5.56 Å². The number of anilines is 4. The van der Waals surface area contributed by atoms with E-state index in [0.717, 1.165) is 81.7 Å². The number of urea groups is 1. The Hall–Kier alpha value is -13.4. The summed E-state index contributed by atoms with van der Waals surface area (Å²) in [6.45, 7) is 2.35. The van der Waals surface area contributed by atoms with Crippen LogP contribution < -0.4 is 37.7 Å². The van der Waals surface area contributed by atoms with Crippen LogP contribution >= 0.6 is 74.6 Å². The number of carbonyl (C=O) groups excluding carboxylic acids is 4. The maximum Gasteiger partial charge on any atom is 0.320 e. The highest BCUT2D eigenvalue weighted by molar-refractivity contribution is 9.10. The number of hydrogen-bond donors (Lipinski definition) is 7. The minimum absolute atomic E-state index is 0.00787. The van der Waals surface area contributed by atoms with E-state index in [1.165, 1.54) is 64.1 Å². The highest BCUT2D eigenvalue weighted by Gasteiger charge is 2.32. The van der Waals surface area contributed by atoms with Gasteiger partial charge in [-0.1, -0.05) is 33.6 Å². The number of imidazole rings is 4. The fraction of sp³-hybridized carbons (Fsp3) is 0.153. The third-order valence-corrected chi connectivity index (χ3v) is 22.0. The van der Waals surface area contributed by atoms with Gasteiger partial charge in [0, 0.05) is 82.5 Å². The first kappa shape index (κ1) is 75.0. The summed E-state index contributed by atoms with van der Waals surface area (Å²) in [7, 11) is 0. The standard InChI is InChI=1S/C21H16N8O2S.C19H16N10O2S.C16H12BrN7OS.C16H11ClFN7OS/c30-18-3-1-2-14(22-18)13-6-7-17-25-26-21(28(17)10-13)32-19-9-8-16-23-15(11-29(16)27-19)24-20(31)12-4-5-12;1-2-20-18(31)23-12-10-29-13(22-12)5-6-16(27-29)32-19-26-25-14-4-3-11(9-28(14)19)17-21-8-7-15(30)24-17;17-10-5-6-23-13(7-10)20-21-16(23)26-14-4-3-12-18-11(8-24(12)22-14)19-15(25)9-1-2-9;17-9-3-4-12-21-22-16(25(12)14(9)18)27-13-6-5-11-19-10(7-24(11)23-13)20-15(26)8-1-2-8/h1-3,6-12H,4-5H2,(H,22,30)(H,24,31);3-10H,2H2,1H3,(H2,20,23,31)(H,21,24,30);3-9H,1-2H2,(H,19,25);3-8H,1-2H2,(H,20,26). The number of amides is 5. The number of carbonyl (C=O) groups is 4. The summed E-state index contributed by atoms with van der Waals surface area (Å²) in [5, 5.41) is 70.0. The first-order chi connectivity index (χ1) is 56.9. The molecule has 117 heavy (non-hydrogen) atoms. The molecule has 18 aromatic rings. The number of fused-ring (bicyclic) bond motifs is 8. The van der Waals surface area contributed by atoms with Crippen molar-refractivity contribution in [1.29, 1.82) is 0 Å². The number of rotatable bonds is 18. The van der Waals surface area contributed by atoms with E-state index in [1.54, 1.807) is 89.8 Å². The highest BCUT2D eigenvalue weighted by Crippen LogP contribution is 2.35. The normalized spacial score (nSPS) is 13.2. The van der Waals surface area contributed by atoms with Gasteiger partial charge >= 0.3 is 6.03 Å². The van der Waals surface area contributed by atoms with Crippen molar-refractivity contribution < 1.29 is 23.6 Å². The quantitative estimate of drug-likeness (QED) is 0.0392. The third-order valence-electron chi connectivity index (χ3n) is 17.7. The van der Waals surface area contributed by atoms with E-state index in [0.29, 0.717) is 111 Å². The summed E-state index contributed by atoms with van der Waals surface area (Å²) in [5.41, 5.74) is 6.82. The molecule has 21 rings (SSSR count). The SMILES string of the molecule is CCNC(=O)Nc1cn2nc(Sc3nnc4ccc(-c5nccc(=O)[nH]5)cn34)ccc2n1.O=C(Nc1cn2nc(Sc3nnc4cc(Br)ccn34)ccc2n1)C1CC1.O=C(Nc1cn2nc(Sc3nnc4ccc(-c5cccc(=O)[nH]5)cn34)ccc2n1)C1CC1.O=C(Nc1cn2nc(Sc3nnc4ccc(Cl)c(F)n34)ccc2n1)C1CC1. The van der Waals surface area contributed by atoms with E-state index in [4.69, 9.17) is 11.6 Å². The Balaban J connectivity index is 0.000000108. The van der Waals surface area contributed by atoms with Gasteiger partial charge in [0.15, 0.2) is 68.4 Å². The highest BCUT2D eigenvalue weighted by atomic mass is 79.9. The van der Waals surface area contributed by atoms with Crippen LogP contribution in [0.1, 0.15) is 45.4 Å². The third kappa shape index (κ3) is 17.1. The number of hydrogen-bond acceptors (Lipinski definition) is 27. The number of nitrogens with zero attached hydrogens (tertiary/aromatic N) is 25. The van der Waals surface area contributed by atoms with Crippen LogP contribution in [0.5, 0.6) is 0 Å². The first-order valence-corrected chi connectivity index (χ1v) is 40.2. The average molecular weight is 1730 g/mol. The second-order valence-electron chi connectivity index (χ2n) is 26.3. The number of halogens is 3. The molecule has 5 amide bonds. The molecule has 0 atom stereocenters. The monoisotopic (exact) mass is 1720 g/mol. The maximum atomic E-state index is 14.3. The lowest BCUT2D eigenvalue weighted by Gasteiger charge is -2.04. The Morgan fingerprint density at radius 2 is 0.897 bits per heavy atom. The van der Waals surface area contributed by atoms with Gasteiger partial charge in [-0.3, -0.25) is 42.5 Å². The molecule has 0 saturated heterocycles. The molecule has 0 bridgehead atoms. The predicted octanol–water partition coefficient (Wildman–Crippen LogP) is 10.5. The smallest absolute Gasteiger partial charge is 0.320 e. The Bertz CT molecular complexity index is 7070. The van der Waals surface area contributed by atoms with Gasteiger partial charge in [-0.15, -0.1) is 40.8 Å². The van der Waals surface area contributed by atoms with Crippen LogP contribution in [0.3, 0.4) is 0 Å². The van der Waals surface area contributed by atoms with Crippen LogP contribution in [0.15, 0.2) is 226 Å². The zero-order valence-corrected chi connectivity index (χ0v) is 65.9. The summed E-state index contributed by atoms with van der Waals surface area (Å²) >= 11 is 14.5. The van der Waals surface area contributed by atoms with E-state index in [9.17, 15) is 33.2 Å². The van der Waals surface area contributed by atoms with E-state index >= 15 is 0 Å². The van der Waals surface area contributed by atoms with Gasteiger partial charge in [-0.05, 0) is 196 Å². The number of H-pyrrole nitrogens is 2. The Morgan fingerprint density at radius 1 is 0.470 bits per heavy atom. The van der Waals surface area contributed by atoms with E-state index in [1.807, 2.05) is 94.8 Å². The molecule has 0 radical (unpaired) electrons. The fourth-order valence-corrected chi connectivity index (χ4v) is 15.1. The molecule has 0 aromatic carbocycles. The molecule has 584 valence electrons. The zero-order chi connectivity index (χ0) is 80.0. The van der Waals surface area contributed by atoms with Crippen LogP contribution in [0.2, 0.25) is 5.02 Å². The second kappa shape index (κ2) is 32.1. The van der Waals surface area contributed by atoms with Crippen molar-refractivity contribution in [2.75, 3.05) is 27.8 Å². The number of pyridine rings is 5. The largest absolute Gasteiger partial charge is 0.338 e. The van der Waals surface area contributed by atoms with Crippen LogP contribution in [0, 0.1) is 23.7 Å². The molecule has 0 unspecified atom stereocenters. The van der Waals surface area contributed by atoms with E-state index < -0.39 is 5.95 Å². The number of nitrogens with one attached hydrogen (secondary N) is 7. The van der Waals surface area contributed by atoms with Crippen LogP contribution in [0.25, 0.3) is 67.8 Å². The molecule has 18 aromatic heterocycles. The molecule has 18 heterocycles. The van der Waals surface area contributed by atoms with Crippen LogP contribution in [-0.4, -0.2) is 162 Å². The summed E-state index contributed by atoms with van der Waals surface area (Å²) in [5.74, 6) is 2.05. The van der Waals surface area contributed by atoms with Gasteiger partial charge in [0.1, 0.15) is 25.9 Å². The second-order valence-corrected chi connectivity index (χ2v) is 31.5. The lowest BCUT2D eigenvalue weighted by molar-refractivity contribution is -0.118. The van der Waals surface area contributed by atoms with Crippen molar-refractivity contribution in [1.82, 2.24) is 137 Å². The molecule has 3 aliphatic carbocycles. The van der Waals surface area contributed by atoms with Gasteiger partial charge in [0.05, 0.1) is 29.8 Å². The number of aromatic amines is 2. The summed E-state index contributed by atoms with van der Waals surface area (Å²) in [6, 6.07) is 34.8. The molecule has 3 saturated carbocycles. The van der Waals surface area contributed by atoms with Crippen molar-refractivity contribution in [3.05, 3.63) is 207 Å². The van der Waals surface area contributed by atoms with Gasteiger partial charge in [0.2, 0.25) is 49.9 Å². The minimum Gasteiger partial charge on any atom is -0.338 e. The van der Waals surface area contributed by atoms with Crippen molar-refractivity contribution in [3.8, 4) is 22.6 Å². The van der Waals surface area contributed by atoms with Crippen LogP contribution in [0.4, 0.5) is 32.5 Å². The molecular weight excluding hydrogens is 1670 g/mol. The zero-order valence-electron chi connectivity index (χ0n) is 60.2. The molecule has 0 aliphatic heterocycles. The van der Waals surface area contributed by atoms with Crippen molar-refractivity contribution in [3.63, 3.8) is 0 Å². The Labute approximate surface area is 684 Å². The molecule has 3 fully saturated rings. The molecule has 0 spiro atoms. The van der Waals surface area contributed by atoms with Gasteiger partial charge in [-0.25, -0.2) is 52.2 Å². The van der Waals surface area contributed by atoms with Crippen molar-refractivity contribution in [2.24, 2.45) is 17.8 Å². The molecular formula is C72H55BrClFN32O6S4.